The van der Waals surface area contributed by atoms with Crippen LogP contribution in [0, 0.1) is 12.7 Å². The zero-order valence-electron chi connectivity index (χ0n) is 11.2. The van der Waals surface area contributed by atoms with E-state index < -0.39 is 0 Å². The molecular formula is C14H17FN2S2. The van der Waals surface area contributed by atoms with Crippen LogP contribution in [0.1, 0.15) is 25.1 Å². The van der Waals surface area contributed by atoms with Crippen molar-refractivity contribution in [2.45, 2.75) is 42.6 Å². The van der Waals surface area contributed by atoms with Gasteiger partial charge in [0, 0.05) is 28.6 Å². The molecule has 0 unspecified atom stereocenters. The van der Waals surface area contributed by atoms with Crippen LogP contribution in [0.3, 0.4) is 0 Å². The molecule has 5 heteroatoms. The van der Waals surface area contributed by atoms with Crippen molar-refractivity contribution < 1.29 is 4.39 Å². The van der Waals surface area contributed by atoms with Gasteiger partial charge in [-0.05, 0) is 30.7 Å². The average molecular weight is 296 g/mol. The van der Waals surface area contributed by atoms with Gasteiger partial charge in [-0.25, -0.2) is 9.37 Å². The van der Waals surface area contributed by atoms with Gasteiger partial charge in [0.15, 0.2) is 4.34 Å². The van der Waals surface area contributed by atoms with Crippen LogP contribution < -0.4 is 5.32 Å². The number of hydrogen-bond donors (Lipinski definition) is 1. The Labute approximate surface area is 121 Å². The number of nitrogens with one attached hydrogen (secondary N) is 1. The lowest BCUT2D eigenvalue weighted by molar-refractivity contribution is 0.576. The maximum Gasteiger partial charge on any atom is 0.154 e. The molecule has 1 aromatic carbocycles. The van der Waals surface area contributed by atoms with E-state index in [2.05, 4.69) is 24.1 Å². The minimum atomic E-state index is -0.194. The van der Waals surface area contributed by atoms with Gasteiger partial charge in [-0.3, -0.25) is 0 Å². The second-order valence-electron chi connectivity index (χ2n) is 4.64. The maximum absolute atomic E-state index is 13.4. The molecule has 0 aliphatic carbocycles. The quantitative estimate of drug-likeness (QED) is 0.893. The number of nitrogens with zero attached hydrogens (tertiary/aromatic N) is 1. The predicted octanol–water partition coefficient (Wildman–Crippen LogP) is 4.24. The summed E-state index contributed by atoms with van der Waals surface area (Å²) in [5.74, 6) is -0.194. The summed E-state index contributed by atoms with van der Waals surface area (Å²) in [5.41, 5.74) is 2.00. The lowest BCUT2D eigenvalue weighted by atomic mass is 10.2. The Hall–Kier alpha value is -0.910. The maximum atomic E-state index is 13.4. The van der Waals surface area contributed by atoms with E-state index in [1.54, 1.807) is 29.2 Å². The number of benzene rings is 1. The van der Waals surface area contributed by atoms with Crippen LogP contribution in [-0.4, -0.2) is 11.0 Å². The van der Waals surface area contributed by atoms with E-state index in [0.29, 0.717) is 12.6 Å². The van der Waals surface area contributed by atoms with Crippen LogP contribution in [0.15, 0.2) is 32.8 Å². The molecule has 0 amide bonds. The fourth-order valence-corrected chi connectivity index (χ4v) is 3.48. The summed E-state index contributed by atoms with van der Waals surface area (Å²) in [5, 5.41) is 5.35. The minimum Gasteiger partial charge on any atom is -0.310 e. The van der Waals surface area contributed by atoms with Crippen LogP contribution in [0.4, 0.5) is 4.39 Å². The highest BCUT2D eigenvalue weighted by molar-refractivity contribution is 8.01. The average Bonchev–Trinajstić information content (AvgIpc) is 2.75. The topological polar surface area (TPSA) is 24.9 Å². The first-order valence-electron chi connectivity index (χ1n) is 6.16. The van der Waals surface area contributed by atoms with Crippen molar-refractivity contribution in [3.05, 3.63) is 40.7 Å². The Morgan fingerprint density at radius 3 is 2.84 bits per heavy atom. The smallest absolute Gasteiger partial charge is 0.154 e. The molecule has 0 fully saturated rings. The molecule has 0 aliphatic heterocycles. The zero-order chi connectivity index (χ0) is 13.8. The SMILES string of the molecule is Cc1csc(Sc2ccc(F)cc2CNC(C)C)n1. The second-order valence-corrected chi connectivity index (χ2v) is 6.79. The highest BCUT2D eigenvalue weighted by Gasteiger charge is 2.09. The van der Waals surface area contributed by atoms with Gasteiger partial charge in [0.2, 0.25) is 0 Å². The van der Waals surface area contributed by atoms with Gasteiger partial charge in [0.05, 0.1) is 0 Å². The fraction of sp³-hybridized carbons (Fsp3) is 0.357. The van der Waals surface area contributed by atoms with E-state index >= 15 is 0 Å². The molecule has 2 rings (SSSR count). The van der Waals surface area contributed by atoms with Crippen molar-refractivity contribution in [1.82, 2.24) is 10.3 Å². The van der Waals surface area contributed by atoms with Crippen molar-refractivity contribution in [3.63, 3.8) is 0 Å². The normalized spacial score (nSPS) is 11.2. The van der Waals surface area contributed by atoms with Crippen molar-refractivity contribution in [3.8, 4) is 0 Å². The first-order valence-corrected chi connectivity index (χ1v) is 7.86. The Bertz CT molecular complexity index is 552. The summed E-state index contributed by atoms with van der Waals surface area (Å²) in [4.78, 5) is 5.49. The van der Waals surface area contributed by atoms with Crippen LogP contribution in [-0.2, 0) is 6.54 Å². The van der Waals surface area contributed by atoms with Gasteiger partial charge in [-0.2, -0.15) is 0 Å². The first kappa shape index (κ1) is 14.5. The Balaban J connectivity index is 2.18. The van der Waals surface area contributed by atoms with E-state index in [0.717, 1.165) is 20.5 Å². The number of aromatic nitrogens is 1. The summed E-state index contributed by atoms with van der Waals surface area (Å²) >= 11 is 3.22. The number of thiazole rings is 1. The predicted molar refractivity (Wildman–Crippen MR) is 79.3 cm³/mol. The molecule has 0 atom stereocenters. The molecule has 1 N–H and O–H groups in total. The first-order chi connectivity index (χ1) is 9.04. The molecule has 1 heterocycles. The molecule has 0 aliphatic rings. The third-order valence-corrected chi connectivity index (χ3v) is 4.69. The van der Waals surface area contributed by atoms with E-state index in [-0.39, 0.29) is 5.82 Å². The van der Waals surface area contributed by atoms with E-state index in [1.807, 2.05) is 18.4 Å². The van der Waals surface area contributed by atoms with E-state index in [9.17, 15) is 4.39 Å². The largest absolute Gasteiger partial charge is 0.310 e. The number of aryl methyl sites for hydroxylation is 1. The van der Waals surface area contributed by atoms with Gasteiger partial charge < -0.3 is 5.32 Å². The summed E-state index contributed by atoms with van der Waals surface area (Å²) in [7, 11) is 0. The van der Waals surface area contributed by atoms with Gasteiger partial charge in [0.25, 0.3) is 0 Å². The van der Waals surface area contributed by atoms with E-state index in [4.69, 9.17) is 0 Å². The molecule has 0 saturated carbocycles. The third-order valence-electron chi connectivity index (χ3n) is 2.52. The fourth-order valence-electron chi connectivity index (χ4n) is 1.57. The molecule has 1 aromatic heterocycles. The van der Waals surface area contributed by atoms with Crippen molar-refractivity contribution in [1.29, 1.82) is 0 Å². The molecule has 2 aromatic rings. The van der Waals surface area contributed by atoms with E-state index in [1.165, 1.54) is 6.07 Å². The Morgan fingerprint density at radius 1 is 1.42 bits per heavy atom. The molecule has 0 radical (unpaired) electrons. The number of halogens is 1. The van der Waals surface area contributed by atoms with Gasteiger partial charge in [-0.15, -0.1) is 11.3 Å². The molecule has 0 bridgehead atoms. The van der Waals surface area contributed by atoms with Crippen LogP contribution in [0.25, 0.3) is 0 Å². The summed E-state index contributed by atoms with van der Waals surface area (Å²) < 4.78 is 14.4. The number of rotatable bonds is 5. The lowest BCUT2D eigenvalue weighted by Gasteiger charge is -2.11. The van der Waals surface area contributed by atoms with Crippen LogP contribution in [0.5, 0.6) is 0 Å². The molecule has 102 valence electrons. The Kier molecular flexibility index (Phi) is 4.96. The minimum absolute atomic E-state index is 0.194. The zero-order valence-corrected chi connectivity index (χ0v) is 12.9. The lowest BCUT2D eigenvalue weighted by Crippen LogP contribution is -2.22. The molecule has 2 nitrogen and oxygen atoms in total. The highest BCUT2D eigenvalue weighted by atomic mass is 32.2. The molecule has 0 saturated heterocycles. The van der Waals surface area contributed by atoms with Gasteiger partial charge in [-0.1, -0.05) is 25.6 Å². The monoisotopic (exact) mass is 296 g/mol. The van der Waals surface area contributed by atoms with Gasteiger partial charge in [0.1, 0.15) is 5.82 Å². The van der Waals surface area contributed by atoms with Crippen molar-refractivity contribution >= 4 is 23.1 Å². The summed E-state index contributed by atoms with van der Waals surface area (Å²) in [6.45, 7) is 6.81. The van der Waals surface area contributed by atoms with Crippen LogP contribution in [0.2, 0.25) is 0 Å². The Morgan fingerprint density at radius 2 is 2.21 bits per heavy atom. The van der Waals surface area contributed by atoms with Crippen molar-refractivity contribution in [2.24, 2.45) is 0 Å². The standard InChI is InChI=1S/C14H17FN2S2/c1-9(2)16-7-11-6-12(15)4-5-13(11)19-14-17-10(3)8-18-14/h4-6,8-9,16H,7H2,1-3H3. The highest BCUT2D eigenvalue weighted by Crippen LogP contribution is 2.33. The third kappa shape index (κ3) is 4.30. The van der Waals surface area contributed by atoms with Crippen molar-refractivity contribution in [2.75, 3.05) is 0 Å². The second kappa shape index (κ2) is 6.50. The summed E-state index contributed by atoms with van der Waals surface area (Å²) in [6, 6.07) is 5.30. The number of hydrogen-bond acceptors (Lipinski definition) is 4. The molecule has 19 heavy (non-hydrogen) atoms. The van der Waals surface area contributed by atoms with Crippen LogP contribution >= 0.6 is 23.1 Å². The molecular weight excluding hydrogens is 279 g/mol. The molecule has 0 spiro atoms. The summed E-state index contributed by atoms with van der Waals surface area (Å²) in [6.07, 6.45) is 0. The van der Waals surface area contributed by atoms with Gasteiger partial charge >= 0.3 is 0 Å².